The molecule has 0 fully saturated rings. The number of anilines is 3. The summed E-state index contributed by atoms with van der Waals surface area (Å²) in [6, 6.07) is 2.87. The van der Waals surface area contributed by atoms with Crippen molar-refractivity contribution in [3.63, 3.8) is 0 Å². The van der Waals surface area contributed by atoms with E-state index in [2.05, 4.69) is 15.3 Å². The van der Waals surface area contributed by atoms with Crippen LogP contribution in [0.2, 0.25) is 10.3 Å². The summed E-state index contributed by atoms with van der Waals surface area (Å²) in [4.78, 5) is 7.42. The fourth-order valence-electron chi connectivity index (χ4n) is 1.39. The Morgan fingerprint density at radius 1 is 1.20 bits per heavy atom. The first-order chi connectivity index (χ1) is 9.27. The molecule has 0 bridgehead atoms. The Balaban J connectivity index is 2.40. The van der Waals surface area contributed by atoms with E-state index in [1.807, 2.05) is 0 Å². The Labute approximate surface area is 121 Å². The normalized spacial score (nSPS) is 11.4. The first-order valence-electron chi connectivity index (χ1n) is 5.19. The summed E-state index contributed by atoms with van der Waals surface area (Å²) >= 11 is 11.4. The van der Waals surface area contributed by atoms with E-state index in [1.54, 1.807) is 0 Å². The average Bonchev–Trinajstić information content (AvgIpc) is 2.35. The molecule has 0 atom stereocenters. The number of rotatable bonds is 2. The molecule has 3 N–H and O–H groups in total. The molecule has 0 saturated carbocycles. The van der Waals surface area contributed by atoms with Crippen molar-refractivity contribution in [2.45, 2.75) is 6.18 Å². The minimum Gasteiger partial charge on any atom is -0.394 e. The van der Waals surface area contributed by atoms with Gasteiger partial charge in [0.15, 0.2) is 5.82 Å². The highest BCUT2D eigenvalue weighted by Gasteiger charge is 2.31. The monoisotopic (exact) mass is 322 g/mol. The molecule has 2 rings (SSSR count). The first kappa shape index (κ1) is 14.7. The maximum atomic E-state index is 12.6. The number of aromatic nitrogens is 2. The lowest BCUT2D eigenvalue weighted by Crippen LogP contribution is -2.06. The largest absolute Gasteiger partial charge is 0.416 e. The van der Waals surface area contributed by atoms with Crippen molar-refractivity contribution in [2.24, 2.45) is 0 Å². The third kappa shape index (κ3) is 3.23. The number of hydrogen-bond donors (Lipinski definition) is 2. The van der Waals surface area contributed by atoms with Crippen LogP contribution in [0.15, 0.2) is 24.4 Å². The van der Waals surface area contributed by atoms with E-state index in [1.165, 1.54) is 6.20 Å². The quantitative estimate of drug-likeness (QED) is 0.816. The summed E-state index contributed by atoms with van der Waals surface area (Å²) < 4.78 is 37.9. The molecule has 106 valence electrons. The maximum Gasteiger partial charge on any atom is 0.416 e. The first-order valence-corrected chi connectivity index (χ1v) is 5.95. The van der Waals surface area contributed by atoms with E-state index in [9.17, 15) is 13.2 Å². The highest BCUT2D eigenvalue weighted by molar-refractivity contribution is 6.33. The third-order valence-corrected chi connectivity index (χ3v) is 2.85. The predicted molar refractivity (Wildman–Crippen MR) is 71.2 cm³/mol. The molecule has 20 heavy (non-hydrogen) atoms. The van der Waals surface area contributed by atoms with Crippen LogP contribution in [0.4, 0.5) is 30.4 Å². The van der Waals surface area contributed by atoms with Crippen LogP contribution in [-0.2, 0) is 6.18 Å². The number of benzene rings is 1. The summed E-state index contributed by atoms with van der Waals surface area (Å²) in [5, 5.41) is 2.60. The highest BCUT2D eigenvalue weighted by Crippen LogP contribution is 2.35. The van der Waals surface area contributed by atoms with Crippen molar-refractivity contribution in [2.75, 3.05) is 11.1 Å². The molecule has 0 spiro atoms. The zero-order valence-corrected chi connectivity index (χ0v) is 11.2. The van der Waals surface area contributed by atoms with Crippen molar-refractivity contribution >= 4 is 40.4 Å². The van der Waals surface area contributed by atoms with Crippen molar-refractivity contribution in [1.82, 2.24) is 9.97 Å². The van der Waals surface area contributed by atoms with Gasteiger partial charge in [0.1, 0.15) is 0 Å². The molecule has 0 saturated heterocycles. The molecule has 0 aliphatic rings. The standard InChI is InChI=1S/C11H7Cl2F3N4/c12-6-2-1-5(11(14,15)16)3-8(6)19-9-7(17)4-18-10(13)20-9/h1-4H,17H2,(H,18,19,20). The second kappa shape index (κ2) is 5.34. The number of nitrogens with zero attached hydrogens (tertiary/aromatic N) is 2. The summed E-state index contributed by atoms with van der Waals surface area (Å²) in [7, 11) is 0. The molecule has 0 amide bonds. The van der Waals surface area contributed by atoms with Gasteiger partial charge in [-0.25, -0.2) is 4.98 Å². The zero-order chi connectivity index (χ0) is 14.9. The Morgan fingerprint density at radius 2 is 1.90 bits per heavy atom. The molecule has 2 aromatic rings. The van der Waals surface area contributed by atoms with E-state index < -0.39 is 11.7 Å². The Bertz CT molecular complexity index is 646. The van der Waals surface area contributed by atoms with Crippen LogP contribution in [0.3, 0.4) is 0 Å². The molecule has 9 heteroatoms. The van der Waals surface area contributed by atoms with Gasteiger partial charge in [-0.3, -0.25) is 0 Å². The fraction of sp³-hybridized carbons (Fsp3) is 0.0909. The average molecular weight is 323 g/mol. The van der Waals surface area contributed by atoms with E-state index >= 15 is 0 Å². The van der Waals surface area contributed by atoms with Gasteiger partial charge in [-0.15, -0.1) is 0 Å². The van der Waals surface area contributed by atoms with Gasteiger partial charge >= 0.3 is 6.18 Å². The number of halogens is 5. The van der Waals surface area contributed by atoms with Crippen LogP contribution in [0.1, 0.15) is 5.56 Å². The lowest BCUT2D eigenvalue weighted by Gasteiger charge is -2.13. The van der Waals surface area contributed by atoms with Gasteiger partial charge in [-0.05, 0) is 29.8 Å². The van der Waals surface area contributed by atoms with E-state index in [-0.39, 0.29) is 27.5 Å². The fourth-order valence-corrected chi connectivity index (χ4v) is 1.69. The molecule has 1 aromatic carbocycles. The second-order valence-corrected chi connectivity index (χ2v) is 4.51. The number of alkyl halides is 3. The van der Waals surface area contributed by atoms with Gasteiger partial charge in [0, 0.05) is 0 Å². The summed E-state index contributed by atoms with van der Waals surface area (Å²) in [5.74, 6) is 0.0752. The molecule has 0 radical (unpaired) electrons. The Hall–Kier alpha value is -1.73. The van der Waals surface area contributed by atoms with Gasteiger partial charge in [-0.1, -0.05) is 11.6 Å². The smallest absolute Gasteiger partial charge is 0.394 e. The topological polar surface area (TPSA) is 63.8 Å². The van der Waals surface area contributed by atoms with Gasteiger partial charge in [0.25, 0.3) is 0 Å². The van der Waals surface area contributed by atoms with Gasteiger partial charge in [0.05, 0.1) is 28.2 Å². The maximum absolute atomic E-state index is 12.6. The van der Waals surface area contributed by atoms with Crippen molar-refractivity contribution in [3.8, 4) is 0 Å². The minimum atomic E-state index is -4.48. The molecule has 1 aromatic heterocycles. The lowest BCUT2D eigenvalue weighted by atomic mass is 10.2. The van der Waals surface area contributed by atoms with E-state index in [4.69, 9.17) is 28.9 Å². The van der Waals surface area contributed by atoms with Gasteiger partial charge < -0.3 is 11.1 Å². The molecular weight excluding hydrogens is 316 g/mol. The lowest BCUT2D eigenvalue weighted by molar-refractivity contribution is -0.137. The van der Waals surface area contributed by atoms with Crippen LogP contribution in [-0.4, -0.2) is 9.97 Å². The van der Waals surface area contributed by atoms with Gasteiger partial charge in [0.2, 0.25) is 5.28 Å². The van der Waals surface area contributed by atoms with E-state index in [0.717, 1.165) is 18.2 Å². The molecular formula is C11H7Cl2F3N4. The van der Waals surface area contributed by atoms with Crippen LogP contribution >= 0.6 is 23.2 Å². The van der Waals surface area contributed by atoms with E-state index in [0.29, 0.717) is 0 Å². The van der Waals surface area contributed by atoms with Gasteiger partial charge in [-0.2, -0.15) is 18.2 Å². The van der Waals surface area contributed by atoms with Crippen LogP contribution < -0.4 is 11.1 Å². The summed E-state index contributed by atoms with van der Waals surface area (Å²) in [6.07, 6.45) is -3.24. The molecule has 0 aliphatic carbocycles. The van der Waals surface area contributed by atoms with Crippen molar-refractivity contribution in [3.05, 3.63) is 40.3 Å². The van der Waals surface area contributed by atoms with Crippen LogP contribution in [0.5, 0.6) is 0 Å². The highest BCUT2D eigenvalue weighted by atomic mass is 35.5. The number of nitrogens with one attached hydrogen (secondary N) is 1. The predicted octanol–water partition coefficient (Wildman–Crippen LogP) is 4.13. The third-order valence-electron chi connectivity index (χ3n) is 2.33. The minimum absolute atomic E-state index is 0.0166. The second-order valence-electron chi connectivity index (χ2n) is 3.76. The molecule has 1 heterocycles. The van der Waals surface area contributed by atoms with Crippen molar-refractivity contribution < 1.29 is 13.2 Å². The number of hydrogen-bond acceptors (Lipinski definition) is 4. The zero-order valence-electron chi connectivity index (χ0n) is 9.67. The Morgan fingerprint density at radius 3 is 2.55 bits per heavy atom. The van der Waals surface area contributed by atoms with Crippen LogP contribution in [0, 0.1) is 0 Å². The summed E-state index contributed by atoms with van der Waals surface area (Å²) in [5.41, 5.74) is 4.90. The number of nitrogens with two attached hydrogens (primary N) is 1. The SMILES string of the molecule is Nc1cnc(Cl)nc1Nc1cc(C(F)(F)F)ccc1Cl. The van der Waals surface area contributed by atoms with Crippen LogP contribution in [0.25, 0.3) is 0 Å². The molecule has 0 aliphatic heterocycles. The Kier molecular flexibility index (Phi) is 3.92. The molecule has 0 unspecified atom stereocenters. The molecule has 4 nitrogen and oxygen atoms in total. The van der Waals surface area contributed by atoms with Crippen molar-refractivity contribution in [1.29, 1.82) is 0 Å². The summed E-state index contributed by atoms with van der Waals surface area (Å²) in [6.45, 7) is 0. The number of nitrogen functional groups attached to an aromatic ring is 1.